The molecular formula is C18H12ClFN3O2S+. The molecule has 0 aliphatic carbocycles. The van der Waals surface area contributed by atoms with Crippen LogP contribution in [0.4, 0.5) is 4.39 Å². The highest BCUT2D eigenvalue weighted by Crippen LogP contribution is 2.26. The number of thiazole rings is 1. The molecule has 0 fully saturated rings. The Morgan fingerprint density at radius 1 is 1.27 bits per heavy atom. The van der Waals surface area contributed by atoms with Gasteiger partial charge in [-0.3, -0.25) is 0 Å². The van der Waals surface area contributed by atoms with Gasteiger partial charge in [0.15, 0.2) is 5.56 Å². The maximum absolute atomic E-state index is 14.3. The summed E-state index contributed by atoms with van der Waals surface area (Å²) in [6.45, 7) is 0.252. The molecule has 3 heterocycles. The fourth-order valence-electron chi connectivity index (χ4n) is 2.79. The second-order valence-electron chi connectivity index (χ2n) is 5.61. The van der Waals surface area contributed by atoms with Gasteiger partial charge < -0.3 is 5.11 Å². The topological polar surface area (TPSA) is 58.5 Å². The Bertz CT molecular complexity index is 1170. The van der Waals surface area contributed by atoms with Crippen molar-refractivity contribution in [2.75, 3.05) is 0 Å². The van der Waals surface area contributed by atoms with Crippen LogP contribution in [0.2, 0.25) is 5.15 Å². The number of fused-ring (bicyclic) bond motifs is 1. The van der Waals surface area contributed by atoms with Crippen LogP contribution in [0.1, 0.15) is 5.56 Å². The van der Waals surface area contributed by atoms with E-state index in [0.717, 1.165) is 5.56 Å². The number of benzene rings is 1. The number of aromatic hydroxyl groups is 1. The summed E-state index contributed by atoms with van der Waals surface area (Å²) in [5, 5.41) is 12.9. The number of aromatic nitrogens is 3. The van der Waals surface area contributed by atoms with Gasteiger partial charge in [-0.25, -0.2) is 14.2 Å². The molecule has 26 heavy (non-hydrogen) atoms. The summed E-state index contributed by atoms with van der Waals surface area (Å²) in [5.41, 5.74) is 0.275. The Kier molecular flexibility index (Phi) is 4.18. The first-order valence-corrected chi connectivity index (χ1v) is 8.92. The molecule has 0 aliphatic heterocycles. The van der Waals surface area contributed by atoms with Crippen molar-refractivity contribution in [1.29, 1.82) is 0 Å². The standard InChI is InChI=1S/C18H11ClFN3O2S/c19-14-6-5-11(9-21-14)10-23-17(25)15(12-3-1-2-4-13(12)20)16(24)22-7-8-26-18(22)23/h1-9H,10H2/p+1. The van der Waals surface area contributed by atoms with Crippen LogP contribution < -0.4 is 10.1 Å². The van der Waals surface area contributed by atoms with Crippen LogP contribution in [-0.2, 0) is 6.54 Å². The summed E-state index contributed by atoms with van der Waals surface area (Å²) in [5.74, 6) is -0.868. The van der Waals surface area contributed by atoms with E-state index in [9.17, 15) is 14.3 Å². The molecular weight excluding hydrogens is 377 g/mol. The van der Waals surface area contributed by atoms with Gasteiger partial charge in [0.05, 0.1) is 0 Å². The maximum atomic E-state index is 14.3. The molecule has 4 rings (SSSR count). The molecule has 4 aromatic rings. The monoisotopic (exact) mass is 388 g/mol. The summed E-state index contributed by atoms with van der Waals surface area (Å²) in [6.07, 6.45) is 3.19. The second-order valence-corrected chi connectivity index (χ2v) is 6.87. The summed E-state index contributed by atoms with van der Waals surface area (Å²) in [6, 6.07) is 9.30. The molecule has 0 amide bonds. The summed E-state index contributed by atoms with van der Waals surface area (Å²) < 4.78 is 17.2. The predicted molar refractivity (Wildman–Crippen MR) is 97.1 cm³/mol. The SMILES string of the molecule is O=c1c(-c2ccccc2F)c(O)[n+](Cc2ccc(Cl)nc2)c2sccn12. The van der Waals surface area contributed by atoms with E-state index in [-0.39, 0.29) is 23.6 Å². The fraction of sp³-hybridized carbons (Fsp3) is 0.0556. The molecule has 130 valence electrons. The number of rotatable bonds is 3. The van der Waals surface area contributed by atoms with Crippen molar-refractivity contribution in [1.82, 2.24) is 9.38 Å². The van der Waals surface area contributed by atoms with E-state index in [1.807, 2.05) is 0 Å². The minimum atomic E-state index is -0.574. The zero-order valence-electron chi connectivity index (χ0n) is 13.3. The molecule has 1 N–H and O–H groups in total. The number of pyridine rings is 1. The molecule has 0 saturated carbocycles. The van der Waals surface area contributed by atoms with E-state index in [4.69, 9.17) is 11.6 Å². The van der Waals surface area contributed by atoms with Crippen LogP contribution in [0.5, 0.6) is 5.88 Å². The summed E-state index contributed by atoms with van der Waals surface area (Å²) in [4.78, 5) is 17.4. The van der Waals surface area contributed by atoms with Gasteiger partial charge in [-0.15, -0.1) is 0 Å². The van der Waals surface area contributed by atoms with Gasteiger partial charge in [-0.2, -0.15) is 8.97 Å². The fourth-order valence-corrected chi connectivity index (χ4v) is 3.74. The smallest absolute Gasteiger partial charge is 0.355 e. The maximum Gasteiger partial charge on any atom is 0.355 e. The molecule has 0 spiro atoms. The highest BCUT2D eigenvalue weighted by Gasteiger charge is 2.27. The van der Waals surface area contributed by atoms with E-state index in [2.05, 4.69) is 4.98 Å². The Labute approximate surface area is 156 Å². The first-order valence-electron chi connectivity index (χ1n) is 7.66. The van der Waals surface area contributed by atoms with Crippen LogP contribution in [0.3, 0.4) is 0 Å². The molecule has 0 saturated heterocycles. The lowest BCUT2D eigenvalue weighted by Crippen LogP contribution is -2.40. The Hall–Kier alpha value is -2.77. The minimum Gasteiger partial charge on any atom is -0.477 e. The van der Waals surface area contributed by atoms with Gasteiger partial charge in [0.25, 0.3) is 5.88 Å². The second kappa shape index (κ2) is 6.51. The number of halogens is 2. The molecule has 1 aromatic carbocycles. The quantitative estimate of drug-likeness (QED) is 0.433. The molecule has 0 aliphatic rings. The lowest BCUT2D eigenvalue weighted by molar-refractivity contribution is -0.669. The van der Waals surface area contributed by atoms with Crippen LogP contribution in [0.25, 0.3) is 16.1 Å². The van der Waals surface area contributed by atoms with Gasteiger partial charge in [-0.05, 0) is 12.1 Å². The van der Waals surface area contributed by atoms with Crippen molar-refractivity contribution in [3.8, 4) is 17.0 Å². The Morgan fingerprint density at radius 2 is 2.08 bits per heavy atom. The number of hydrogen-bond acceptors (Lipinski definition) is 4. The van der Waals surface area contributed by atoms with Gasteiger partial charge >= 0.3 is 10.5 Å². The van der Waals surface area contributed by atoms with E-state index in [0.29, 0.717) is 10.1 Å². The molecule has 0 bridgehead atoms. The van der Waals surface area contributed by atoms with Crippen LogP contribution in [0, 0.1) is 5.82 Å². The third-order valence-electron chi connectivity index (χ3n) is 4.00. The van der Waals surface area contributed by atoms with Crippen molar-refractivity contribution in [2.24, 2.45) is 0 Å². The van der Waals surface area contributed by atoms with Gasteiger partial charge in [0.2, 0.25) is 0 Å². The highest BCUT2D eigenvalue weighted by molar-refractivity contribution is 7.14. The first-order chi connectivity index (χ1) is 12.6. The highest BCUT2D eigenvalue weighted by atomic mass is 35.5. The van der Waals surface area contributed by atoms with Crippen molar-refractivity contribution < 1.29 is 14.1 Å². The number of nitrogens with zero attached hydrogens (tertiary/aromatic N) is 3. The zero-order chi connectivity index (χ0) is 18.3. The Morgan fingerprint density at radius 3 is 2.81 bits per heavy atom. The third-order valence-corrected chi connectivity index (χ3v) is 5.11. The summed E-state index contributed by atoms with van der Waals surface area (Å²) >= 11 is 7.11. The van der Waals surface area contributed by atoms with E-state index < -0.39 is 11.4 Å². The lowest BCUT2D eigenvalue weighted by Gasteiger charge is -2.08. The lowest BCUT2D eigenvalue weighted by atomic mass is 10.1. The molecule has 0 radical (unpaired) electrons. The van der Waals surface area contributed by atoms with Crippen molar-refractivity contribution in [3.05, 3.63) is 81.1 Å². The number of hydrogen-bond donors (Lipinski definition) is 1. The van der Waals surface area contributed by atoms with E-state index in [1.54, 1.807) is 40.5 Å². The van der Waals surface area contributed by atoms with Crippen molar-refractivity contribution >= 4 is 27.9 Å². The third kappa shape index (κ3) is 2.75. The zero-order valence-corrected chi connectivity index (χ0v) is 14.8. The molecule has 0 atom stereocenters. The predicted octanol–water partition coefficient (Wildman–Crippen LogP) is 3.26. The van der Waals surface area contributed by atoms with Crippen LogP contribution >= 0.6 is 22.9 Å². The summed E-state index contributed by atoms with van der Waals surface area (Å²) in [7, 11) is 0. The molecule has 3 aromatic heterocycles. The van der Waals surface area contributed by atoms with Crippen LogP contribution in [-0.4, -0.2) is 14.5 Å². The van der Waals surface area contributed by atoms with E-state index >= 15 is 0 Å². The average molecular weight is 389 g/mol. The minimum absolute atomic E-state index is 0.0542. The molecule has 5 nitrogen and oxygen atoms in total. The normalized spacial score (nSPS) is 11.2. The van der Waals surface area contributed by atoms with Gasteiger partial charge in [-0.1, -0.05) is 47.2 Å². The first kappa shape index (κ1) is 16.7. The largest absolute Gasteiger partial charge is 0.477 e. The van der Waals surface area contributed by atoms with E-state index in [1.165, 1.54) is 33.9 Å². The average Bonchev–Trinajstić information content (AvgIpc) is 3.12. The van der Waals surface area contributed by atoms with Gasteiger partial charge in [0, 0.05) is 22.7 Å². The van der Waals surface area contributed by atoms with Crippen LogP contribution in [0.15, 0.2) is 59.0 Å². The van der Waals surface area contributed by atoms with Crippen molar-refractivity contribution in [2.45, 2.75) is 6.54 Å². The molecule has 8 heteroatoms. The molecule has 0 unspecified atom stereocenters. The van der Waals surface area contributed by atoms with Crippen molar-refractivity contribution in [3.63, 3.8) is 0 Å². The van der Waals surface area contributed by atoms with Gasteiger partial charge in [0.1, 0.15) is 23.7 Å². The Balaban J connectivity index is 1.98.